The van der Waals surface area contributed by atoms with E-state index in [9.17, 15) is 13.2 Å². The van der Waals surface area contributed by atoms with Gasteiger partial charge in [0.05, 0.1) is 17.4 Å². The molecule has 0 atom stereocenters. The minimum absolute atomic E-state index is 0.144. The first-order valence-electron chi connectivity index (χ1n) is 9.82. The van der Waals surface area contributed by atoms with Crippen LogP contribution in [0.1, 0.15) is 0 Å². The molecule has 0 aliphatic heterocycles. The van der Waals surface area contributed by atoms with Gasteiger partial charge in [-0.25, -0.2) is 0 Å². The van der Waals surface area contributed by atoms with Crippen LogP contribution in [-0.2, 0) is 0 Å². The molecule has 4 rings (SSSR count). The third-order valence-corrected chi connectivity index (χ3v) is 5.15. The normalized spacial score (nSPS) is 12.2. The van der Waals surface area contributed by atoms with Crippen LogP contribution in [0.5, 0.6) is 0 Å². The maximum absolute atomic E-state index is 14.1. The Hall–Kier alpha value is -4.18. The van der Waals surface area contributed by atoms with Gasteiger partial charge in [0, 0.05) is 46.6 Å². The van der Waals surface area contributed by atoms with E-state index in [1.165, 1.54) is 35.5 Å². The Morgan fingerprint density at radius 2 is 1.82 bits per heavy atom. The van der Waals surface area contributed by atoms with Gasteiger partial charge in [-0.05, 0) is 35.7 Å². The van der Waals surface area contributed by atoms with E-state index in [4.69, 9.17) is 17.0 Å². The molecule has 0 aliphatic carbocycles. The summed E-state index contributed by atoms with van der Waals surface area (Å²) in [5.41, 5.74) is -0.686. The SMILES string of the molecule is C=C(Nc1ccc(-n2nccn2)c(Cl)c1)/C(C=N)=C(/Nc1cccc2ccncc12)C(F)(F)F. The molecule has 0 radical (unpaired) electrons. The van der Waals surface area contributed by atoms with E-state index in [1.807, 2.05) is 0 Å². The van der Waals surface area contributed by atoms with Crippen LogP contribution >= 0.6 is 11.6 Å². The summed E-state index contributed by atoms with van der Waals surface area (Å²) in [5, 5.41) is 22.4. The summed E-state index contributed by atoms with van der Waals surface area (Å²) in [5.74, 6) is 0. The molecule has 0 fully saturated rings. The molecule has 3 N–H and O–H groups in total. The summed E-state index contributed by atoms with van der Waals surface area (Å²) >= 11 is 6.29. The van der Waals surface area contributed by atoms with Crippen molar-refractivity contribution in [2.75, 3.05) is 10.6 Å². The molecule has 2 aromatic carbocycles. The number of anilines is 2. The second-order valence-electron chi connectivity index (χ2n) is 7.05. The van der Waals surface area contributed by atoms with Gasteiger partial charge in [-0.2, -0.15) is 28.2 Å². The minimum Gasteiger partial charge on any atom is -0.355 e. The highest BCUT2D eigenvalue weighted by atomic mass is 35.5. The van der Waals surface area contributed by atoms with Gasteiger partial charge in [-0.15, -0.1) is 0 Å². The molecular formula is C23H17ClF3N7. The summed E-state index contributed by atoms with van der Waals surface area (Å²) in [6, 6.07) is 11.3. The van der Waals surface area contributed by atoms with Crippen molar-refractivity contribution in [3.63, 3.8) is 0 Å². The Balaban J connectivity index is 1.68. The number of rotatable bonds is 7. The van der Waals surface area contributed by atoms with E-state index in [1.54, 1.807) is 36.5 Å². The fourth-order valence-corrected chi connectivity index (χ4v) is 3.54. The van der Waals surface area contributed by atoms with Crippen LogP contribution in [-0.4, -0.2) is 32.4 Å². The van der Waals surface area contributed by atoms with Crippen LogP contribution in [0.25, 0.3) is 16.5 Å². The summed E-state index contributed by atoms with van der Waals surface area (Å²) in [6.45, 7) is 3.72. The highest BCUT2D eigenvalue weighted by molar-refractivity contribution is 6.32. The fourth-order valence-electron chi connectivity index (χ4n) is 3.29. The van der Waals surface area contributed by atoms with Gasteiger partial charge in [-0.3, -0.25) is 4.98 Å². The highest BCUT2D eigenvalue weighted by Crippen LogP contribution is 2.34. The predicted octanol–water partition coefficient (Wildman–Crippen LogP) is 5.97. The van der Waals surface area contributed by atoms with Crippen LogP contribution in [0, 0.1) is 5.41 Å². The van der Waals surface area contributed by atoms with E-state index in [2.05, 4.69) is 32.4 Å². The molecular weight excluding hydrogens is 467 g/mol. The quantitative estimate of drug-likeness (QED) is 0.222. The molecule has 0 saturated heterocycles. The van der Waals surface area contributed by atoms with Crippen molar-refractivity contribution in [3.05, 3.63) is 95.8 Å². The maximum atomic E-state index is 14.1. The van der Waals surface area contributed by atoms with Crippen LogP contribution in [0.15, 0.2) is 90.8 Å². The van der Waals surface area contributed by atoms with E-state index >= 15 is 0 Å². The highest BCUT2D eigenvalue weighted by Gasteiger charge is 2.37. The van der Waals surface area contributed by atoms with E-state index in [-0.39, 0.29) is 16.4 Å². The van der Waals surface area contributed by atoms with Gasteiger partial charge in [-0.1, -0.05) is 30.3 Å². The monoisotopic (exact) mass is 483 g/mol. The minimum atomic E-state index is -4.80. The van der Waals surface area contributed by atoms with Crippen molar-refractivity contribution in [1.82, 2.24) is 20.0 Å². The largest absolute Gasteiger partial charge is 0.431 e. The van der Waals surface area contributed by atoms with Crippen molar-refractivity contribution in [2.45, 2.75) is 6.18 Å². The molecule has 172 valence electrons. The van der Waals surface area contributed by atoms with Crippen molar-refractivity contribution in [3.8, 4) is 5.69 Å². The van der Waals surface area contributed by atoms with Crippen LogP contribution < -0.4 is 10.6 Å². The number of fused-ring (bicyclic) bond motifs is 1. The number of hydrogen-bond donors (Lipinski definition) is 3. The molecule has 0 amide bonds. The molecule has 7 nitrogen and oxygen atoms in total. The molecule has 11 heteroatoms. The van der Waals surface area contributed by atoms with Crippen molar-refractivity contribution < 1.29 is 13.2 Å². The molecule has 2 aromatic heterocycles. The smallest absolute Gasteiger partial charge is 0.355 e. The second kappa shape index (κ2) is 9.36. The third-order valence-electron chi connectivity index (χ3n) is 4.84. The maximum Gasteiger partial charge on any atom is 0.431 e. The molecule has 0 spiro atoms. The van der Waals surface area contributed by atoms with Crippen molar-refractivity contribution in [2.24, 2.45) is 0 Å². The zero-order valence-electron chi connectivity index (χ0n) is 17.4. The molecule has 0 saturated carbocycles. The first kappa shape index (κ1) is 23.0. The lowest BCUT2D eigenvalue weighted by Crippen LogP contribution is -2.24. The first-order chi connectivity index (χ1) is 16.3. The van der Waals surface area contributed by atoms with Gasteiger partial charge in [0.15, 0.2) is 0 Å². The van der Waals surface area contributed by atoms with Crippen molar-refractivity contribution in [1.29, 1.82) is 5.41 Å². The average molecular weight is 484 g/mol. The lowest BCUT2D eigenvalue weighted by atomic mass is 10.1. The van der Waals surface area contributed by atoms with E-state index in [0.717, 1.165) is 5.39 Å². The number of alkyl halides is 3. The molecule has 34 heavy (non-hydrogen) atoms. The lowest BCUT2D eigenvalue weighted by Gasteiger charge is -2.20. The van der Waals surface area contributed by atoms with Gasteiger partial charge in [0.1, 0.15) is 11.4 Å². The first-order valence-corrected chi connectivity index (χ1v) is 10.2. The van der Waals surface area contributed by atoms with Gasteiger partial charge >= 0.3 is 6.18 Å². The Morgan fingerprint density at radius 3 is 2.50 bits per heavy atom. The van der Waals surface area contributed by atoms with Crippen LogP contribution in [0.4, 0.5) is 24.5 Å². The van der Waals surface area contributed by atoms with Gasteiger partial charge < -0.3 is 16.0 Å². The number of allylic oxidation sites excluding steroid dienone is 2. The van der Waals surface area contributed by atoms with E-state index in [0.29, 0.717) is 23.0 Å². The van der Waals surface area contributed by atoms with Crippen LogP contribution in [0.2, 0.25) is 5.02 Å². The summed E-state index contributed by atoms with van der Waals surface area (Å²) in [4.78, 5) is 5.31. The molecule has 0 unspecified atom stereocenters. The standard InChI is InChI=1S/C23H17ClF3N7/c1-14(32-16-5-6-21(19(24)11-16)34-30-9-10-31-34)17(12-28)22(23(25,26)27)33-20-4-2-3-15-7-8-29-13-18(15)20/h2-13,28,32-33H,1H2/b22-17+,28-12?. The Labute approximate surface area is 197 Å². The third kappa shape index (κ3) is 4.76. The van der Waals surface area contributed by atoms with Gasteiger partial charge in [0.2, 0.25) is 0 Å². The number of benzene rings is 2. The van der Waals surface area contributed by atoms with Gasteiger partial charge in [0.25, 0.3) is 0 Å². The summed E-state index contributed by atoms with van der Waals surface area (Å²) < 4.78 is 42.2. The molecule has 2 heterocycles. The zero-order valence-corrected chi connectivity index (χ0v) is 18.2. The number of pyridine rings is 1. The Morgan fingerprint density at radius 1 is 1.06 bits per heavy atom. The van der Waals surface area contributed by atoms with E-state index < -0.39 is 17.4 Å². The number of hydrogen-bond acceptors (Lipinski definition) is 6. The topological polar surface area (TPSA) is 91.5 Å². The Bertz CT molecular complexity index is 1390. The average Bonchev–Trinajstić information content (AvgIpc) is 3.33. The number of nitrogens with one attached hydrogen (secondary N) is 3. The zero-order chi connectivity index (χ0) is 24.3. The second-order valence-corrected chi connectivity index (χ2v) is 7.45. The fraction of sp³-hybridized carbons (Fsp3) is 0.0435. The number of halogens is 4. The molecule has 0 bridgehead atoms. The predicted molar refractivity (Wildman–Crippen MR) is 126 cm³/mol. The van der Waals surface area contributed by atoms with Crippen LogP contribution in [0.3, 0.4) is 0 Å². The molecule has 0 aliphatic rings. The number of nitrogens with zero attached hydrogens (tertiary/aromatic N) is 4. The Kier molecular flexibility index (Phi) is 6.33. The molecule has 4 aromatic rings. The summed E-state index contributed by atoms with van der Waals surface area (Å²) in [7, 11) is 0. The lowest BCUT2D eigenvalue weighted by molar-refractivity contribution is -0.0906. The van der Waals surface area contributed by atoms with Crippen molar-refractivity contribution >= 4 is 40.0 Å². The summed E-state index contributed by atoms with van der Waals surface area (Å²) in [6.07, 6.45) is 1.81. The number of aromatic nitrogens is 4.